The van der Waals surface area contributed by atoms with Crippen LogP contribution in [-0.2, 0) is 11.2 Å². The van der Waals surface area contributed by atoms with E-state index in [9.17, 15) is 4.79 Å². The second kappa shape index (κ2) is 6.79. The minimum Gasteiger partial charge on any atom is -0.465 e. The van der Waals surface area contributed by atoms with E-state index in [1.165, 1.54) is 18.2 Å². The molecule has 0 aliphatic heterocycles. The molecular formula is C18H18N2O2S. The monoisotopic (exact) mass is 326 g/mol. The Bertz CT molecular complexity index is 728. The summed E-state index contributed by atoms with van der Waals surface area (Å²) in [5, 5.41) is 7.09. The van der Waals surface area contributed by atoms with Crippen LogP contribution in [0, 0.1) is 0 Å². The Hall–Kier alpha value is -2.40. The second-order valence-corrected chi connectivity index (χ2v) is 5.87. The van der Waals surface area contributed by atoms with Gasteiger partial charge in [-0.3, -0.25) is 0 Å². The first-order valence-corrected chi connectivity index (χ1v) is 7.92. The van der Waals surface area contributed by atoms with E-state index in [4.69, 9.17) is 12.2 Å². The molecule has 0 amide bonds. The average Bonchev–Trinajstić information content (AvgIpc) is 2.98. The summed E-state index contributed by atoms with van der Waals surface area (Å²) < 4.78 is 4.68. The molecule has 0 aromatic heterocycles. The topological polar surface area (TPSA) is 50.4 Å². The fourth-order valence-electron chi connectivity index (χ4n) is 2.84. The van der Waals surface area contributed by atoms with Crippen molar-refractivity contribution in [2.24, 2.45) is 0 Å². The molecule has 1 aliphatic carbocycles. The Kier molecular flexibility index (Phi) is 4.57. The first-order valence-electron chi connectivity index (χ1n) is 7.51. The van der Waals surface area contributed by atoms with Gasteiger partial charge in [-0.1, -0.05) is 24.3 Å². The lowest BCUT2D eigenvalue weighted by Crippen LogP contribution is -2.31. The molecule has 2 N–H and O–H groups in total. The molecule has 0 fully saturated rings. The van der Waals surface area contributed by atoms with Crippen LogP contribution >= 0.6 is 12.2 Å². The third kappa shape index (κ3) is 3.51. The molecule has 23 heavy (non-hydrogen) atoms. The summed E-state index contributed by atoms with van der Waals surface area (Å²) in [4.78, 5) is 11.4. The lowest BCUT2D eigenvalue weighted by Gasteiger charge is -2.17. The van der Waals surface area contributed by atoms with Crippen molar-refractivity contribution in [1.29, 1.82) is 0 Å². The maximum absolute atomic E-state index is 11.4. The number of rotatable bonds is 3. The van der Waals surface area contributed by atoms with Crippen molar-refractivity contribution >= 4 is 29.0 Å². The van der Waals surface area contributed by atoms with Gasteiger partial charge in [-0.2, -0.15) is 0 Å². The number of carbonyl (C=O) groups is 1. The second-order valence-electron chi connectivity index (χ2n) is 5.46. The largest absolute Gasteiger partial charge is 0.465 e. The van der Waals surface area contributed by atoms with Crippen molar-refractivity contribution in [3.8, 4) is 0 Å². The van der Waals surface area contributed by atoms with Gasteiger partial charge in [0.1, 0.15) is 0 Å². The minimum atomic E-state index is -0.347. The van der Waals surface area contributed by atoms with Crippen LogP contribution in [0.3, 0.4) is 0 Å². The van der Waals surface area contributed by atoms with Gasteiger partial charge in [-0.05, 0) is 60.5 Å². The van der Waals surface area contributed by atoms with Crippen molar-refractivity contribution in [2.45, 2.75) is 18.9 Å². The molecule has 0 radical (unpaired) electrons. The van der Waals surface area contributed by atoms with Crippen molar-refractivity contribution < 1.29 is 9.53 Å². The first-order chi connectivity index (χ1) is 11.2. The number of anilines is 1. The number of methoxy groups -OCH3 is 1. The van der Waals surface area contributed by atoms with E-state index in [1.54, 1.807) is 12.1 Å². The number of ether oxygens (including phenoxy) is 1. The summed E-state index contributed by atoms with van der Waals surface area (Å²) in [5.41, 5.74) is 4.05. The molecule has 2 aromatic rings. The summed E-state index contributed by atoms with van der Waals surface area (Å²) in [6, 6.07) is 15.7. The van der Waals surface area contributed by atoms with Gasteiger partial charge in [0.25, 0.3) is 0 Å². The molecule has 2 aromatic carbocycles. The highest BCUT2D eigenvalue weighted by Gasteiger charge is 2.22. The van der Waals surface area contributed by atoms with E-state index in [1.807, 2.05) is 12.1 Å². The third-order valence-corrected chi connectivity index (χ3v) is 4.22. The van der Waals surface area contributed by atoms with Gasteiger partial charge in [-0.15, -0.1) is 0 Å². The molecule has 4 nitrogen and oxygen atoms in total. The van der Waals surface area contributed by atoms with Crippen LogP contribution in [0.25, 0.3) is 0 Å². The van der Waals surface area contributed by atoms with Gasteiger partial charge >= 0.3 is 5.97 Å². The number of aryl methyl sites for hydroxylation is 1. The number of fused-ring (bicyclic) bond motifs is 1. The normalized spacial score (nSPS) is 15.6. The number of hydrogen-bond acceptors (Lipinski definition) is 3. The van der Waals surface area contributed by atoms with Crippen LogP contribution in [0.15, 0.2) is 48.5 Å². The van der Waals surface area contributed by atoms with E-state index in [0.29, 0.717) is 10.7 Å². The van der Waals surface area contributed by atoms with Crippen molar-refractivity contribution in [2.75, 3.05) is 12.4 Å². The molecule has 0 heterocycles. The zero-order chi connectivity index (χ0) is 16.2. The van der Waals surface area contributed by atoms with Crippen LogP contribution in [0.1, 0.15) is 33.9 Å². The fraction of sp³-hybridized carbons (Fsp3) is 0.222. The highest BCUT2D eigenvalue weighted by molar-refractivity contribution is 7.80. The van der Waals surface area contributed by atoms with E-state index in [0.717, 1.165) is 18.5 Å². The molecule has 0 spiro atoms. The summed E-state index contributed by atoms with van der Waals surface area (Å²) in [5.74, 6) is -0.347. The van der Waals surface area contributed by atoms with Gasteiger partial charge in [0.05, 0.1) is 18.7 Å². The number of hydrogen-bond donors (Lipinski definition) is 2. The first kappa shape index (κ1) is 15.5. The Morgan fingerprint density at radius 2 is 1.91 bits per heavy atom. The van der Waals surface area contributed by atoms with E-state index in [2.05, 4.69) is 39.6 Å². The molecule has 1 atom stereocenters. The summed E-state index contributed by atoms with van der Waals surface area (Å²) >= 11 is 5.40. The lowest BCUT2D eigenvalue weighted by molar-refractivity contribution is 0.0601. The molecule has 0 saturated carbocycles. The third-order valence-electron chi connectivity index (χ3n) is 4.00. The van der Waals surface area contributed by atoms with Crippen LogP contribution < -0.4 is 10.6 Å². The fourth-order valence-corrected chi connectivity index (χ4v) is 3.10. The maximum atomic E-state index is 11.4. The van der Waals surface area contributed by atoms with Crippen LogP contribution in [0.2, 0.25) is 0 Å². The molecule has 0 saturated heterocycles. The minimum absolute atomic E-state index is 0.251. The van der Waals surface area contributed by atoms with Crippen LogP contribution in [0.5, 0.6) is 0 Å². The molecule has 3 rings (SSSR count). The molecule has 0 bridgehead atoms. The SMILES string of the molecule is COC(=O)c1ccc(NC(=S)N[C@H]2CCc3ccccc32)cc1. The predicted molar refractivity (Wildman–Crippen MR) is 94.6 cm³/mol. The van der Waals surface area contributed by atoms with Gasteiger partial charge in [0, 0.05) is 5.69 Å². The number of esters is 1. The van der Waals surface area contributed by atoms with Gasteiger partial charge < -0.3 is 15.4 Å². The molecule has 0 unspecified atom stereocenters. The number of thiocarbonyl (C=S) groups is 1. The van der Waals surface area contributed by atoms with Crippen LogP contribution in [0.4, 0.5) is 5.69 Å². The smallest absolute Gasteiger partial charge is 0.337 e. The maximum Gasteiger partial charge on any atom is 0.337 e. The zero-order valence-electron chi connectivity index (χ0n) is 12.8. The zero-order valence-corrected chi connectivity index (χ0v) is 13.7. The highest BCUT2D eigenvalue weighted by Crippen LogP contribution is 2.30. The van der Waals surface area contributed by atoms with Gasteiger partial charge in [0.15, 0.2) is 5.11 Å². The molecule has 1 aliphatic rings. The summed E-state index contributed by atoms with van der Waals surface area (Å²) in [6.07, 6.45) is 2.12. The van der Waals surface area contributed by atoms with E-state index in [-0.39, 0.29) is 12.0 Å². The summed E-state index contributed by atoms with van der Waals surface area (Å²) in [6.45, 7) is 0. The molecule has 118 valence electrons. The van der Waals surface area contributed by atoms with E-state index >= 15 is 0 Å². The van der Waals surface area contributed by atoms with Gasteiger partial charge in [-0.25, -0.2) is 4.79 Å². The molecule has 5 heteroatoms. The standard InChI is InChI=1S/C18H18N2O2S/c1-22-17(21)13-6-9-14(10-7-13)19-18(23)20-16-11-8-12-4-2-3-5-15(12)16/h2-7,9-10,16H,8,11H2,1H3,(H2,19,20,23)/t16-/m0/s1. The summed E-state index contributed by atoms with van der Waals surface area (Å²) in [7, 11) is 1.37. The van der Waals surface area contributed by atoms with Crippen molar-refractivity contribution in [3.63, 3.8) is 0 Å². The average molecular weight is 326 g/mol. The lowest BCUT2D eigenvalue weighted by atomic mass is 10.1. The Morgan fingerprint density at radius 1 is 1.17 bits per heavy atom. The van der Waals surface area contributed by atoms with Gasteiger partial charge in [0.2, 0.25) is 0 Å². The van der Waals surface area contributed by atoms with Crippen LogP contribution in [-0.4, -0.2) is 18.2 Å². The Labute approximate surface area is 140 Å². The highest BCUT2D eigenvalue weighted by atomic mass is 32.1. The number of benzene rings is 2. The quantitative estimate of drug-likeness (QED) is 0.668. The molecular weight excluding hydrogens is 308 g/mol. The predicted octanol–water partition coefficient (Wildman–Crippen LogP) is 3.45. The van der Waals surface area contributed by atoms with Crippen molar-refractivity contribution in [3.05, 3.63) is 65.2 Å². The Morgan fingerprint density at radius 3 is 2.65 bits per heavy atom. The van der Waals surface area contributed by atoms with E-state index < -0.39 is 0 Å². The number of carbonyl (C=O) groups excluding carboxylic acids is 1. The Balaban J connectivity index is 1.61. The number of nitrogens with one attached hydrogen (secondary N) is 2. The van der Waals surface area contributed by atoms with Crippen molar-refractivity contribution in [1.82, 2.24) is 5.32 Å².